The highest BCUT2D eigenvalue weighted by molar-refractivity contribution is 5.95. The number of alkyl halides is 3. The first-order chi connectivity index (χ1) is 16.2. The van der Waals surface area contributed by atoms with Crippen LogP contribution in [0.25, 0.3) is 0 Å². The fourth-order valence-electron chi connectivity index (χ4n) is 2.99. The van der Waals surface area contributed by atoms with E-state index in [0.717, 1.165) is 5.57 Å². The highest BCUT2D eigenvalue weighted by Gasteiger charge is 2.39. The van der Waals surface area contributed by atoms with Crippen LogP contribution in [0.4, 0.5) is 18.0 Å². The number of nitrogens with one attached hydrogen (secondary N) is 2. The molecule has 0 bridgehead atoms. The second kappa shape index (κ2) is 12.5. The molecule has 1 aliphatic rings. The summed E-state index contributed by atoms with van der Waals surface area (Å²) in [6, 6.07) is 5.76. The molecule has 1 aromatic carbocycles. The molecule has 9 nitrogen and oxygen atoms in total. The van der Waals surface area contributed by atoms with Crippen molar-refractivity contribution in [3.05, 3.63) is 59.3 Å². The topological polar surface area (TPSA) is 103 Å². The van der Waals surface area contributed by atoms with E-state index >= 15 is 0 Å². The van der Waals surface area contributed by atoms with Gasteiger partial charge in [0.2, 0.25) is 0 Å². The number of morpholine rings is 1. The van der Waals surface area contributed by atoms with Crippen molar-refractivity contribution in [1.29, 1.82) is 0 Å². The van der Waals surface area contributed by atoms with Crippen molar-refractivity contribution in [3.63, 3.8) is 0 Å². The SMILES string of the molecule is C=N/C=C\C(=C/C)CN(Cc1ccc(C(=O)NNC(=O)C(F)(F)F)cc1)C(=O)N1CCOCC1. The maximum atomic E-state index is 13.1. The number of ether oxygens (including phenoxy) is 1. The van der Waals surface area contributed by atoms with E-state index in [2.05, 4.69) is 11.7 Å². The minimum Gasteiger partial charge on any atom is -0.378 e. The summed E-state index contributed by atoms with van der Waals surface area (Å²) in [7, 11) is 0. The number of rotatable bonds is 7. The lowest BCUT2D eigenvalue weighted by atomic mass is 10.1. The maximum absolute atomic E-state index is 13.1. The van der Waals surface area contributed by atoms with Gasteiger partial charge in [-0.3, -0.25) is 25.4 Å². The molecule has 2 N–H and O–H groups in total. The Morgan fingerprint density at radius 3 is 2.38 bits per heavy atom. The fraction of sp³-hybridized carbons (Fsp3) is 0.364. The summed E-state index contributed by atoms with van der Waals surface area (Å²) in [5.74, 6) is -3.20. The second-order valence-corrected chi connectivity index (χ2v) is 7.20. The number of allylic oxidation sites excluding steroid dienone is 1. The van der Waals surface area contributed by atoms with Crippen LogP contribution in [0.3, 0.4) is 0 Å². The first kappa shape index (κ1) is 26.6. The van der Waals surface area contributed by atoms with E-state index in [1.165, 1.54) is 23.8 Å². The van der Waals surface area contributed by atoms with Gasteiger partial charge >= 0.3 is 18.1 Å². The number of urea groups is 1. The summed E-state index contributed by atoms with van der Waals surface area (Å²) in [6.07, 6.45) is 0.00718. The Labute approximate surface area is 194 Å². The molecule has 34 heavy (non-hydrogen) atoms. The molecule has 0 aromatic heterocycles. The summed E-state index contributed by atoms with van der Waals surface area (Å²) < 4.78 is 42.0. The number of hydrazine groups is 1. The van der Waals surface area contributed by atoms with Gasteiger partial charge in [0.25, 0.3) is 5.91 Å². The number of benzene rings is 1. The molecule has 12 heteroatoms. The van der Waals surface area contributed by atoms with Crippen molar-refractivity contribution in [2.45, 2.75) is 19.6 Å². The number of hydrogen-bond acceptors (Lipinski definition) is 5. The Kier molecular flexibility index (Phi) is 9.80. The standard InChI is InChI=1S/C22H26F3N5O4/c1-3-16(8-9-26-2)14-30(21(33)29-10-12-34-13-11-29)15-17-4-6-18(7-5-17)19(31)27-28-20(32)22(23,24)25/h3-9H,2,10-15H2,1H3,(H,27,31)(H,28,32)/b9-8-,16-3+. The highest BCUT2D eigenvalue weighted by Crippen LogP contribution is 2.15. The molecular weight excluding hydrogens is 455 g/mol. The van der Waals surface area contributed by atoms with E-state index in [1.54, 1.807) is 33.4 Å². The fourth-order valence-corrected chi connectivity index (χ4v) is 2.99. The van der Waals surface area contributed by atoms with E-state index in [4.69, 9.17) is 4.74 Å². The monoisotopic (exact) mass is 481 g/mol. The van der Waals surface area contributed by atoms with Gasteiger partial charge in [0.1, 0.15) is 0 Å². The summed E-state index contributed by atoms with van der Waals surface area (Å²) in [6.45, 7) is 7.58. The minimum atomic E-state index is -5.11. The predicted octanol–water partition coefficient (Wildman–Crippen LogP) is 2.42. The molecule has 0 spiro atoms. The summed E-state index contributed by atoms with van der Waals surface area (Å²) in [5, 5.41) is 0. The molecule has 0 atom stereocenters. The predicted molar refractivity (Wildman–Crippen MR) is 119 cm³/mol. The van der Waals surface area contributed by atoms with Gasteiger partial charge in [-0.1, -0.05) is 18.2 Å². The van der Waals surface area contributed by atoms with Gasteiger partial charge in [-0.05, 0) is 43.0 Å². The van der Waals surface area contributed by atoms with Gasteiger partial charge in [0, 0.05) is 37.9 Å². The number of carbonyl (C=O) groups excluding carboxylic acids is 3. The van der Waals surface area contributed by atoms with Crippen molar-refractivity contribution < 1.29 is 32.3 Å². The van der Waals surface area contributed by atoms with Crippen LogP contribution in [0.15, 0.2) is 53.2 Å². The molecule has 0 saturated carbocycles. The van der Waals surface area contributed by atoms with Gasteiger partial charge in [0.15, 0.2) is 0 Å². The van der Waals surface area contributed by atoms with Crippen molar-refractivity contribution >= 4 is 24.6 Å². The highest BCUT2D eigenvalue weighted by atomic mass is 19.4. The molecule has 1 aliphatic heterocycles. The Morgan fingerprint density at radius 2 is 1.82 bits per heavy atom. The van der Waals surface area contributed by atoms with Crippen LogP contribution in [0.5, 0.6) is 0 Å². The zero-order valence-electron chi connectivity index (χ0n) is 18.6. The third kappa shape index (κ3) is 8.03. The normalized spacial score (nSPS) is 14.6. The zero-order valence-corrected chi connectivity index (χ0v) is 18.6. The molecule has 1 heterocycles. The van der Waals surface area contributed by atoms with E-state index in [9.17, 15) is 27.6 Å². The van der Waals surface area contributed by atoms with Crippen LogP contribution in [0.1, 0.15) is 22.8 Å². The average molecular weight is 481 g/mol. The molecule has 0 unspecified atom stereocenters. The zero-order chi connectivity index (χ0) is 25.1. The first-order valence-electron chi connectivity index (χ1n) is 10.3. The lowest BCUT2D eigenvalue weighted by molar-refractivity contribution is -0.174. The summed E-state index contributed by atoms with van der Waals surface area (Å²) in [5.41, 5.74) is 4.58. The Bertz CT molecular complexity index is 939. The third-order valence-electron chi connectivity index (χ3n) is 4.83. The minimum absolute atomic E-state index is 0.0337. The molecule has 1 aromatic rings. The van der Waals surface area contributed by atoms with Gasteiger partial charge in [0.05, 0.1) is 13.2 Å². The number of nitrogens with zero attached hydrogens (tertiary/aromatic N) is 3. The third-order valence-corrected chi connectivity index (χ3v) is 4.83. The van der Waals surface area contributed by atoms with Crippen LogP contribution in [-0.2, 0) is 16.1 Å². The first-order valence-corrected chi connectivity index (χ1v) is 10.3. The lowest BCUT2D eigenvalue weighted by Crippen LogP contribution is -2.48. The number of amides is 4. The summed E-state index contributed by atoms with van der Waals surface area (Å²) >= 11 is 0. The largest absolute Gasteiger partial charge is 0.472 e. The van der Waals surface area contributed by atoms with Crippen molar-refractivity contribution in [1.82, 2.24) is 20.7 Å². The molecule has 0 aliphatic carbocycles. The second-order valence-electron chi connectivity index (χ2n) is 7.20. The van der Waals surface area contributed by atoms with Crippen LogP contribution in [0, 0.1) is 0 Å². The smallest absolute Gasteiger partial charge is 0.378 e. The van der Waals surface area contributed by atoms with Crippen molar-refractivity contribution in [2.24, 2.45) is 4.99 Å². The van der Waals surface area contributed by atoms with Crippen molar-refractivity contribution in [3.8, 4) is 0 Å². The van der Waals surface area contributed by atoms with Gasteiger partial charge in [-0.15, -0.1) is 0 Å². The Balaban J connectivity index is 2.11. The average Bonchev–Trinajstić information content (AvgIpc) is 2.84. The van der Waals surface area contributed by atoms with E-state index in [1.807, 2.05) is 13.0 Å². The summed E-state index contributed by atoms with van der Waals surface area (Å²) in [4.78, 5) is 43.0. The Hall–Kier alpha value is -3.67. The van der Waals surface area contributed by atoms with Gasteiger partial charge < -0.3 is 14.5 Å². The molecule has 0 radical (unpaired) electrons. The van der Waals surface area contributed by atoms with Crippen LogP contribution in [0.2, 0.25) is 0 Å². The molecular formula is C22H26F3N5O4. The number of halogens is 3. The van der Waals surface area contributed by atoms with E-state index in [-0.39, 0.29) is 18.1 Å². The lowest BCUT2D eigenvalue weighted by Gasteiger charge is -2.33. The Morgan fingerprint density at radius 1 is 1.18 bits per heavy atom. The van der Waals surface area contributed by atoms with E-state index < -0.39 is 18.0 Å². The maximum Gasteiger partial charge on any atom is 0.472 e. The molecule has 2 rings (SSSR count). The number of carbonyl (C=O) groups is 3. The number of hydrogen-bond donors (Lipinski definition) is 2. The van der Waals surface area contributed by atoms with Crippen LogP contribution >= 0.6 is 0 Å². The van der Waals surface area contributed by atoms with Gasteiger partial charge in [-0.25, -0.2) is 4.79 Å². The number of aliphatic imine (C=N–C) groups is 1. The van der Waals surface area contributed by atoms with E-state index in [0.29, 0.717) is 38.4 Å². The van der Waals surface area contributed by atoms with Gasteiger partial charge in [-0.2, -0.15) is 13.2 Å². The quantitative estimate of drug-likeness (QED) is 0.355. The van der Waals surface area contributed by atoms with Crippen molar-refractivity contribution in [2.75, 3.05) is 32.8 Å². The molecule has 4 amide bonds. The molecule has 1 fully saturated rings. The van der Waals surface area contributed by atoms with Crippen LogP contribution < -0.4 is 10.9 Å². The molecule has 184 valence electrons. The van der Waals surface area contributed by atoms with Crippen LogP contribution in [-0.4, -0.2) is 73.4 Å². The molecule has 1 saturated heterocycles.